The number of carbonyl (C=O) groups excluding carboxylic acids is 1. The Balaban J connectivity index is 2.72. The molecule has 0 aromatic rings. The van der Waals surface area contributed by atoms with Crippen LogP contribution in [0.25, 0.3) is 0 Å². The second-order valence-corrected chi connectivity index (χ2v) is 6.00. The molecule has 0 aliphatic heterocycles. The highest BCUT2D eigenvalue weighted by Gasteiger charge is 2.66. The lowest BCUT2D eigenvalue weighted by molar-refractivity contribution is -0.140. The summed E-state index contributed by atoms with van der Waals surface area (Å²) in [5.41, 5.74) is -1.26. The second-order valence-electron chi connectivity index (χ2n) is 6.00. The van der Waals surface area contributed by atoms with Crippen LogP contribution < -0.4 is 5.32 Å². The van der Waals surface area contributed by atoms with Crippen molar-refractivity contribution in [3.8, 4) is 0 Å². The maximum absolute atomic E-state index is 12.0. The molecule has 0 heterocycles. The van der Waals surface area contributed by atoms with Crippen molar-refractivity contribution in [2.45, 2.75) is 46.3 Å². The van der Waals surface area contributed by atoms with Gasteiger partial charge < -0.3 is 15.5 Å². The predicted molar refractivity (Wildman–Crippen MR) is 62.3 cm³/mol. The number of aliphatic hydroxyl groups excluding tert-OH is 1. The van der Waals surface area contributed by atoms with E-state index in [2.05, 4.69) is 5.32 Å². The Morgan fingerprint density at radius 2 is 1.76 bits per heavy atom. The number of carboxylic acids is 1. The Bertz CT molecular complexity index is 346. The van der Waals surface area contributed by atoms with Gasteiger partial charge in [0.15, 0.2) is 0 Å². The Hall–Kier alpha value is -1.10. The van der Waals surface area contributed by atoms with Crippen LogP contribution in [-0.4, -0.2) is 33.7 Å². The molecule has 1 amide bonds. The Morgan fingerprint density at radius 1 is 1.29 bits per heavy atom. The maximum Gasteiger partial charge on any atom is 0.307 e. The van der Waals surface area contributed by atoms with Crippen molar-refractivity contribution in [3.05, 3.63) is 0 Å². The molecule has 0 aromatic heterocycles. The third kappa shape index (κ3) is 2.44. The van der Waals surface area contributed by atoms with Crippen molar-refractivity contribution >= 4 is 11.9 Å². The number of carboxylic acid groups (broad SMARTS) is 1. The van der Waals surface area contributed by atoms with Gasteiger partial charge >= 0.3 is 5.97 Å². The summed E-state index contributed by atoms with van der Waals surface area (Å²) < 4.78 is 0. The fraction of sp³-hybridized carbons (Fsp3) is 0.833. The van der Waals surface area contributed by atoms with Crippen molar-refractivity contribution in [1.82, 2.24) is 5.32 Å². The number of carbonyl (C=O) groups is 2. The third-order valence-corrected chi connectivity index (χ3v) is 3.87. The van der Waals surface area contributed by atoms with E-state index in [4.69, 9.17) is 5.11 Å². The average molecular weight is 243 g/mol. The summed E-state index contributed by atoms with van der Waals surface area (Å²) in [5.74, 6) is -2.39. The molecule has 1 unspecified atom stereocenters. The van der Waals surface area contributed by atoms with Gasteiger partial charge in [-0.1, -0.05) is 13.8 Å². The Labute approximate surface area is 101 Å². The molecule has 0 radical (unpaired) electrons. The number of amides is 1. The van der Waals surface area contributed by atoms with Crippen molar-refractivity contribution < 1.29 is 19.8 Å². The fourth-order valence-corrected chi connectivity index (χ4v) is 2.09. The lowest BCUT2D eigenvalue weighted by Gasteiger charge is -2.29. The fourth-order valence-electron chi connectivity index (χ4n) is 2.09. The normalized spacial score (nSPS) is 28.4. The summed E-state index contributed by atoms with van der Waals surface area (Å²) >= 11 is 0. The van der Waals surface area contributed by atoms with Gasteiger partial charge in [-0.15, -0.1) is 0 Å². The van der Waals surface area contributed by atoms with Crippen LogP contribution in [0, 0.1) is 17.3 Å². The van der Waals surface area contributed by atoms with E-state index in [9.17, 15) is 14.7 Å². The molecule has 1 aliphatic rings. The number of aliphatic hydroxyl groups is 1. The Morgan fingerprint density at radius 3 is 2.06 bits per heavy atom. The van der Waals surface area contributed by atoms with Gasteiger partial charge in [0.25, 0.3) is 0 Å². The molecule has 1 fully saturated rings. The first-order valence-electron chi connectivity index (χ1n) is 5.74. The monoisotopic (exact) mass is 243 g/mol. The van der Waals surface area contributed by atoms with Gasteiger partial charge in [-0.05, 0) is 26.2 Å². The molecule has 1 rings (SSSR count). The first-order chi connectivity index (χ1) is 7.51. The van der Waals surface area contributed by atoms with E-state index in [0.29, 0.717) is 0 Å². The minimum atomic E-state index is -0.940. The van der Waals surface area contributed by atoms with Gasteiger partial charge in [-0.25, -0.2) is 0 Å². The van der Waals surface area contributed by atoms with E-state index in [0.717, 1.165) is 0 Å². The molecule has 0 saturated heterocycles. The summed E-state index contributed by atoms with van der Waals surface area (Å²) in [5, 5.41) is 21.2. The standard InChI is InChI=1S/C12H21NO4/c1-6(14)12(4,5)13-9(15)7-8(10(16)17)11(7,2)3/h6-8,14H,1-5H3,(H,13,15)(H,16,17)/t6?,7-,8+/m1/s1. The van der Waals surface area contributed by atoms with Crippen LogP contribution in [0.1, 0.15) is 34.6 Å². The minimum Gasteiger partial charge on any atom is -0.481 e. The highest BCUT2D eigenvalue weighted by atomic mass is 16.4. The minimum absolute atomic E-state index is 0.298. The molecule has 98 valence electrons. The molecule has 5 heteroatoms. The van der Waals surface area contributed by atoms with E-state index < -0.39 is 34.9 Å². The van der Waals surface area contributed by atoms with Crippen molar-refractivity contribution in [2.24, 2.45) is 17.3 Å². The smallest absolute Gasteiger partial charge is 0.307 e. The first kappa shape index (κ1) is 14.0. The summed E-state index contributed by atoms with van der Waals surface area (Å²) in [6.07, 6.45) is -0.698. The van der Waals surface area contributed by atoms with Gasteiger partial charge in [-0.3, -0.25) is 9.59 Å². The van der Waals surface area contributed by atoms with Crippen LogP contribution in [-0.2, 0) is 9.59 Å². The number of hydrogen-bond acceptors (Lipinski definition) is 3. The molecule has 0 spiro atoms. The summed E-state index contributed by atoms with van der Waals surface area (Å²) in [7, 11) is 0. The third-order valence-electron chi connectivity index (χ3n) is 3.87. The van der Waals surface area contributed by atoms with Gasteiger partial charge in [0, 0.05) is 0 Å². The molecule has 0 bridgehead atoms. The second kappa shape index (κ2) is 3.98. The lowest BCUT2D eigenvalue weighted by Crippen LogP contribution is -2.51. The summed E-state index contributed by atoms with van der Waals surface area (Å²) in [6.45, 7) is 8.55. The van der Waals surface area contributed by atoms with Gasteiger partial charge in [0.2, 0.25) is 5.91 Å². The van der Waals surface area contributed by atoms with Gasteiger partial charge in [-0.2, -0.15) is 0 Å². The number of aliphatic carboxylic acids is 1. The quantitative estimate of drug-likeness (QED) is 0.675. The number of hydrogen-bond donors (Lipinski definition) is 3. The van der Waals surface area contributed by atoms with Crippen LogP contribution in [0.4, 0.5) is 0 Å². The zero-order valence-corrected chi connectivity index (χ0v) is 10.9. The number of nitrogens with one attached hydrogen (secondary N) is 1. The lowest BCUT2D eigenvalue weighted by atomic mass is 9.98. The van der Waals surface area contributed by atoms with E-state index in [1.165, 1.54) is 0 Å². The predicted octanol–water partition coefficient (Wildman–Crippen LogP) is 0.619. The molecule has 3 N–H and O–H groups in total. The zero-order valence-electron chi connectivity index (χ0n) is 10.9. The van der Waals surface area contributed by atoms with E-state index in [-0.39, 0.29) is 5.91 Å². The van der Waals surface area contributed by atoms with Crippen LogP contribution in [0.3, 0.4) is 0 Å². The molecule has 0 aromatic carbocycles. The van der Waals surface area contributed by atoms with Crippen molar-refractivity contribution in [2.75, 3.05) is 0 Å². The largest absolute Gasteiger partial charge is 0.481 e. The average Bonchev–Trinajstić information content (AvgIpc) is 2.67. The molecule has 1 saturated carbocycles. The van der Waals surface area contributed by atoms with Crippen molar-refractivity contribution in [1.29, 1.82) is 0 Å². The topological polar surface area (TPSA) is 86.6 Å². The molecule has 5 nitrogen and oxygen atoms in total. The summed E-state index contributed by atoms with van der Waals surface area (Å²) in [4.78, 5) is 22.9. The highest BCUT2D eigenvalue weighted by molar-refractivity contribution is 5.92. The van der Waals surface area contributed by atoms with Gasteiger partial charge in [0.1, 0.15) is 0 Å². The van der Waals surface area contributed by atoms with Gasteiger partial charge in [0.05, 0.1) is 23.5 Å². The van der Waals surface area contributed by atoms with E-state index >= 15 is 0 Å². The highest BCUT2D eigenvalue weighted by Crippen LogP contribution is 2.58. The van der Waals surface area contributed by atoms with Crippen molar-refractivity contribution in [3.63, 3.8) is 0 Å². The van der Waals surface area contributed by atoms with Crippen LogP contribution in [0.2, 0.25) is 0 Å². The molecule has 1 aliphatic carbocycles. The molecule has 17 heavy (non-hydrogen) atoms. The molecule has 3 atom stereocenters. The maximum atomic E-state index is 12.0. The van der Waals surface area contributed by atoms with E-state index in [1.807, 2.05) is 0 Å². The van der Waals surface area contributed by atoms with Crippen LogP contribution in [0.5, 0.6) is 0 Å². The first-order valence-corrected chi connectivity index (χ1v) is 5.74. The van der Waals surface area contributed by atoms with E-state index in [1.54, 1.807) is 34.6 Å². The molecular formula is C12H21NO4. The zero-order chi connectivity index (χ0) is 13.6. The molecular weight excluding hydrogens is 222 g/mol. The van der Waals surface area contributed by atoms with Crippen LogP contribution in [0.15, 0.2) is 0 Å². The number of rotatable bonds is 4. The van der Waals surface area contributed by atoms with Crippen LogP contribution >= 0.6 is 0 Å². The Kier molecular flexibility index (Phi) is 3.27. The summed E-state index contributed by atoms with van der Waals surface area (Å²) in [6, 6.07) is 0. The SMILES string of the molecule is CC(O)C(C)(C)NC(=O)[C@H]1[C@@H](C(=O)O)C1(C)C.